The maximum absolute atomic E-state index is 9.67. The summed E-state index contributed by atoms with van der Waals surface area (Å²) in [5.74, 6) is 1.37. The molecular formula is C19H16ClN3O3. The van der Waals surface area contributed by atoms with E-state index in [9.17, 15) is 5.11 Å². The quantitative estimate of drug-likeness (QED) is 0.557. The number of rotatable bonds is 3. The Balaban J connectivity index is 2.20. The highest BCUT2D eigenvalue weighted by Gasteiger charge is 2.20. The molecule has 0 saturated carbocycles. The zero-order valence-electron chi connectivity index (χ0n) is 14.4. The molecule has 2 N–H and O–H groups in total. The van der Waals surface area contributed by atoms with Gasteiger partial charge < -0.3 is 14.6 Å². The van der Waals surface area contributed by atoms with Gasteiger partial charge >= 0.3 is 0 Å². The average Bonchev–Trinajstić information content (AvgIpc) is 3.09. The molecule has 2 heterocycles. The molecule has 0 aliphatic heterocycles. The highest BCUT2D eigenvalue weighted by Crippen LogP contribution is 2.43. The maximum atomic E-state index is 9.67. The van der Waals surface area contributed by atoms with Crippen LogP contribution in [0.2, 0.25) is 5.02 Å². The largest absolute Gasteiger partial charge is 0.508 e. The molecule has 132 valence electrons. The predicted octanol–water partition coefficient (Wildman–Crippen LogP) is 4.46. The molecule has 26 heavy (non-hydrogen) atoms. The van der Waals surface area contributed by atoms with Gasteiger partial charge in [-0.2, -0.15) is 5.10 Å². The van der Waals surface area contributed by atoms with Crippen LogP contribution >= 0.6 is 11.6 Å². The van der Waals surface area contributed by atoms with E-state index < -0.39 is 0 Å². The van der Waals surface area contributed by atoms with Crippen LogP contribution in [0.1, 0.15) is 5.56 Å². The van der Waals surface area contributed by atoms with Crippen molar-refractivity contribution in [3.63, 3.8) is 0 Å². The van der Waals surface area contributed by atoms with Crippen molar-refractivity contribution in [1.29, 1.82) is 0 Å². The number of aromatic hydroxyl groups is 1. The highest BCUT2D eigenvalue weighted by molar-refractivity contribution is 6.34. The first-order valence-corrected chi connectivity index (χ1v) is 8.30. The van der Waals surface area contributed by atoms with E-state index >= 15 is 0 Å². The van der Waals surface area contributed by atoms with Crippen molar-refractivity contribution in [2.24, 2.45) is 0 Å². The number of pyridine rings is 1. The van der Waals surface area contributed by atoms with Gasteiger partial charge in [-0.25, -0.2) is 4.98 Å². The topological polar surface area (TPSA) is 80.3 Å². The third kappa shape index (κ3) is 2.34. The average molecular weight is 370 g/mol. The summed E-state index contributed by atoms with van der Waals surface area (Å²) in [7, 11) is 3.21. The van der Waals surface area contributed by atoms with Crippen molar-refractivity contribution < 1.29 is 14.6 Å². The van der Waals surface area contributed by atoms with Gasteiger partial charge in [-0.1, -0.05) is 11.6 Å². The first-order chi connectivity index (χ1) is 12.5. The van der Waals surface area contributed by atoms with Gasteiger partial charge in [0.05, 0.1) is 31.1 Å². The molecule has 4 aromatic rings. The summed E-state index contributed by atoms with van der Waals surface area (Å²) in [5, 5.41) is 19.8. The molecule has 0 bridgehead atoms. The van der Waals surface area contributed by atoms with Crippen LogP contribution in [0, 0.1) is 6.92 Å². The summed E-state index contributed by atoms with van der Waals surface area (Å²) in [6, 6.07) is 6.71. The number of hydrogen-bond acceptors (Lipinski definition) is 5. The standard InChI is InChI=1S/C19H16ClN3O3/c1-9-16-12(7-15(25-2)18(9)26-3)17(22-19-13(16)8-21-23-19)11-5-4-10(24)6-14(11)20/h4-8,24H,1-3H3,(H,21,22,23). The molecule has 4 rings (SSSR count). The number of hydrogen-bond donors (Lipinski definition) is 2. The predicted molar refractivity (Wildman–Crippen MR) is 101 cm³/mol. The number of phenols is 1. The normalized spacial score (nSPS) is 11.2. The van der Waals surface area contributed by atoms with E-state index in [0.29, 0.717) is 33.4 Å². The molecule has 0 aliphatic carbocycles. The molecule has 0 spiro atoms. The second-order valence-corrected chi connectivity index (χ2v) is 6.32. The van der Waals surface area contributed by atoms with E-state index in [0.717, 1.165) is 21.7 Å². The van der Waals surface area contributed by atoms with Gasteiger partial charge in [-0.05, 0) is 31.2 Å². The fraction of sp³-hybridized carbons (Fsp3) is 0.158. The summed E-state index contributed by atoms with van der Waals surface area (Å²) < 4.78 is 11.1. The van der Waals surface area contributed by atoms with Crippen LogP contribution < -0.4 is 9.47 Å². The van der Waals surface area contributed by atoms with Gasteiger partial charge in [-0.3, -0.25) is 5.10 Å². The van der Waals surface area contributed by atoms with Crippen LogP contribution in [0.25, 0.3) is 33.1 Å². The summed E-state index contributed by atoms with van der Waals surface area (Å²) in [4.78, 5) is 4.72. The van der Waals surface area contributed by atoms with Crippen LogP contribution in [-0.4, -0.2) is 34.5 Å². The molecular weight excluding hydrogens is 354 g/mol. The van der Waals surface area contributed by atoms with Crippen LogP contribution in [-0.2, 0) is 0 Å². The molecule has 0 atom stereocenters. The molecule has 7 heteroatoms. The van der Waals surface area contributed by atoms with Gasteiger partial charge in [0.1, 0.15) is 5.75 Å². The molecule has 0 saturated heterocycles. The smallest absolute Gasteiger partial charge is 0.164 e. The minimum absolute atomic E-state index is 0.0982. The zero-order valence-corrected chi connectivity index (χ0v) is 15.2. The molecule has 0 unspecified atom stereocenters. The van der Waals surface area contributed by atoms with Gasteiger partial charge in [0.2, 0.25) is 0 Å². The van der Waals surface area contributed by atoms with Crippen molar-refractivity contribution >= 4 is 33.4 Å². The SMILES string of the molecule is COc1cc2c(-c3ccc(O)cc3Cl)nc3[nH]ncc3c2c(C)c1OC. The summed E-state index contributed by atoms with van der Waals surface area (Å²) >= 11 is 6.38. The lowest BCUT2D eigenvalue weighted by Gasteiger charge is -2.16. The molecule has 0 amide bonds. The lowest BCUT2D eigenvalue weighted by atomic mass is 9.97. The number of nitrogens with one attached hydrogen (secondary N) is 1. The lowest BCUT2D eigenvalue weighted by molar-refractivity contribution is 0.354. The Morgan fingerprint density at radius 2 is 1.92 bits per heavy atom. The number of phenolic OH excluding ortho intramolecular Hbond substituents is 1. The molecule has 0 radical (unpaired) electrons. The fourth-order valence-electron chi connectivity index (χ4n) is 3.33. The number of nitrogens with zero attached hydrogens (tertiary/aromatic N) is 2. The monoisotopic (exact) mass is 369 g/mol. The number of H-pyrrole nitrogens is 1. The van der Waals surface area contributed by atoms with Crippen molar-refractivity contribution in [3.05, 3.63) is 41.0 Å². The first kappa shape index (κ1) is 16.5. The highest BCUT2D eigenvalue weighted by atomic mass is 35.5. The van der Waals surface area contributed by atoms with Gasteiger partial charge in [-0.15, -0.1) is 0 Å². The maximum Gasteiger partial charge on any atom is 0.164 e. The van der Waals surface area contributed by atoms with E-state index in [-0.39, 0.29) is 5.75 Å². The van der Waals surface area contributed by atoms with Crippen molar-refractivity contribution in [3.8, 4) is 28.5 Å². The Kier molecular flexibility index (Phi) is 3.85. The number of aromatic amines is 1. The minimum Gasteiger partial charge on any atom is -0.508 e. The van der Waals surface area contributed by atoms with E-state index in [1.54, 1.807) is 32.5 Å². The first-order valence-electron chi connectivity index (χ1n) is 7.92. The van der Waals surface area contributed by atoms with E-state index in [4.69, 9.17) is 26.1 Å². The number of aryl methyl sites for hydroxylation is 1. The molecule has 2 aromatic heterocycles. The molecule has 6 nitrogen and oxygen atoms in total. The van der Waals surface area contributed by atoms with Crippen LogP contribution in [0.4, 0.5) is 0 Å². The summed E-state index contributed by atoms with van der Waals surface area (Å²) in [6.45, 7) is 1.97. The lowest BCUT2D eigenvalue weighted by Crippen LogP contribution is -1.97. The summed E-state index contributed by atoms with van der Waals surface area (Å²) in [6.07, 6.45) is 1.74. The number of benzene rings is 2. The number of methoxy groups -OCH3 is 2. The van der Waals surface area contributed by atoms with Crippen molar-refractivity contribution in [1.82, 2.24) is 15.2 Å². The van der Waals surface area contributed by atoms with E-state index in [1.165, 1.54) is 6.07 Å². The second-order valence-electron chi connectivity index (χ2n) is 5.92. The molecule has 2 aromatic carbocycles. The van der Waals surface area contributed by atoms with Gasteiger partial charge in [0, 0.05) is 27.3 Å². The summed E-state index contributed by atoms with van der Waals surface area (Å²) in [5.41, 5.74) is 2.95. The van der Waals surface area contributed by atoms with Crippen LogP contribution in [0.15, 0.2) is 30.5 Å². The van der Waals surface area contributed by atoms with Gasteiger partial charge in [0.15, 0.2) is 17.1 Å². The number of ether oxygens (including phenoxy) is 2. The van der Waals surface area contributed by atoms with E-state index in [2.05, 4.69) is 10.2 Å². The third-order valence-corrected chi connectivity index (χ3v) is 4.80. The Hall–Kier alpha value is -2.99. The van der Waals surface area contributed by atoms with Crippen molar-refractivity contribution in [2.75, 3.05) is 14.2 Å². The molecule has 0 fully saturated rings. The number of fused-ring (bicyclic) bond motifs is 3. The third-order valence-electron chi connectivity index (χ3n) is 4.48. The van der Waals surface area contributed by atoms with E-state index in [1.807, 2.05) is 13.0 Å². The number of halogens is 1. The Morgan fingerprint density at radius 3 is 2.62 bits per heavy atom. The zero-order chi connectivity index (χ0) is 18.4. The van der Waals surface area contributed by atoms with Crippen LogP contribution in [0.5, 0.6) is 17.2 Å². The van der Waals surface area contributed by atoms with Crippen molar-refractivity contribution in [2.45, 2.75) is 6.92 Å². The Labute approximate surface area is 154 Å². The number of aromatic nitrogens is 3. The second kappa shape index (κ2) is 6.07. The molecule has 0 aliphatic rings. The Morgan fingerprint density at radius 1 is 1.12 bits per heavy atom. The van der Waals surface area contributed by atoms with Gasteiger partial charge in [0.25, 0.3) is 0 Å². The fourth-order valence-corrected chi connectivity index (χ4v) is 3.59. The van der Waals surface area contributed by atoms with Crippen LogP contribution in [0.3, 0.4) is 0 Å². The Bertz CT molecular complexity index is 1150. The minimum atomic E-state index is 0.0982.